The molecular weight excluding hydrogens is 120 g/mol. The highest BCUT2D eigenvalue weighted by molar-refractivity contribution is 5.83. The molecule has 0 radical (unpaired) electrons. The van der Waals surface area contributed by atoms with Gasteiger partial charge in [0, 0.05) is 12.8 Å². The monoisotopic (exact) mass is 130 g/mol. The van der Waals surface area contributed by atoms with E-state index in [0.29, 0.717) is 6.54 Å². The first kappa shape index (κ1) is 8.10. The van der Waals surface area contributed by atoms with Gasteiger partial charge in [0.25, 0.3) is 0 Å². The third-order valence-corrected chi connectivity index (χ3v) is 0.618. The van der Waals surface area contributed by atoms with Crippen LogP contribution in [0.15, 0.2) is 4.99 Å². The molecule has 4 heteroatoms. The number of nitrogens with zero attached hydrogens (tertiary/aromatic N) is 1. The van der Waals surface area contributed by atoms with Gasteiger partial charge in [-0.3, -0.25) is 0 Å². The molecule has 4 nitrogen and oxygen atoms in total. The molecule has 0 aromatic heterocycles. The summed E-state index contributed by atoms with van der Waals surface area (Å²) in [5, 5.41) is 10.6. The van der Waals surface area contributed by atoms with E-state index in [-0.39, 0.29) is 6.61 Å². The number of hydrogen-bond donors (Lipinski definition) is 2. The van der Waals surface area contributed by atoms with Gasteiger partial charge in [-0.05, 0) is 6.92 Å². The lowest BCUT2D eigenvalue weighted by Gasteiger charge is -1.91. The SMILES string of the molecule is CCNC(=O)N=CCO. The third kappa shape index (κ3) is 4.96. The second-order valence-corrected chi connectivity index (χ2v) is 1.33. The van der Waals surface area contributed by atoms with Gasteiger partial charge in [-0.1, -0.05) is 0 Å². The zero-order valence-electron chi connectivity index (χ0n) is 5.29. The second kappa shape index (κ2) is 5.24. The molecule has 0 atom stereocenters. The molecule has 0 aliphatic carbocycles. The van der Waals surface area contributed by atoms with Crippen LogP contribution in [0.1, 0.15) is 6.92 Å². The molecule has 0 bridgehead atoms. The van der Waals surface area contributed by atoms with E-state index in [2.05, 4.69) is 10.3 Å². The van der Waals surface area contributed by atoms with Crippen molar-refractivity contribution < 1.29 is 9.90 Å². The molecule has 52 valence electrons. The Morgan fingerprint density at radius 2 is 2.56 bits per heavy atom. The van der Waals surface area contributed by atoms with Crippen molar-refractivity contribution >= 4 is 12.2 Å². The Kier molecular flexibility index (Phi) is 4.72. The van der Waals surface area contributed by atoms with E-state index in [4.69, 9.17) is 5.11 Å². The van der Waals surface area contributed by atoms with Crippen LogP contribution in [0, 0.1) is 0 Å². The minimum atomic E-state index is -0.411. The van der Waals surface area contributed by atoms with Crippen LogP contribution in [-0.4, -0.2) is 30.5 Å². The molecule has 0 fully saturated rings. The zero-order chi connectivity index (χ0) is 7.11. The molecule has 0 spiro atoms. The number of carbonyl (C=O) groups excluding carboxylic acids is 1. The quantitative estimate of drug-likeness (QED) is 0.507. The molecule has 0 saturated heterocycles. The molecule has 0 heterocycles. The fraction of sp³-hybridized carbons (Fsp3) is 0.600. The minimum absolute atomic E-state index is 0.197. The molecule has 0 saturated carbocycles. The van der Waals surface area contributed by atoms with Crippen LogP contribution in [-0.2, 0) is 0 Å². The summed E-state index contributed by atoms with van der Waals surface area (Å²) >= 11 is 0. The molecule has 0 aromatic rings. The smallest absolute Gasteiger partial charge is 0.340 e. The van der Waals surface area contributed by atoms with Gasteiger partial charge in [-0.25, -0.2) is 9.79 Å². The lowest BCUT2D eigenvalue weighted by molar-refractivity contribution is 0.249. The first-order valence-electron chi connectivity index (χ1n) is 2.72. The maximum absolute atomic E-state index is 10.4. The Hall–Kier alpha value is -0.900. The van der Waals surface area contributed by atoms with Crippen molar-refractivity contribution in [2.45, 2.75) is 6.92 Å². The van der Waals surface area contributed by atoms with Crippen molar-refractivity contribution in [2.75, 3.05) is 13.2 Å². The van der Waals surface area contributed by atoms with Crippen molar-refractivity contribution in [2.24, 2.45) is 4.99 Å². The van der Waals surface area contributed by atoms with Gasteiger partial charge in [-0.15, -0.1) is 0 Å². The highest BCUT2D eigenvalue weighted by Gasteiger charge is 1.88. The van der Waals surface area contributed by atoms with Crippen LogP contribution >= 0.6 is 0 Å². The highest BCUT2D eigenvalue weighted by Crippen LogP contribution is 1.69. The largest absolute Gasteiger partial charge is 0.391 e. The summed E-state index contributed by atoms with van der Waals surface area (Å²) in [7, 11) is 0. The van der Waals surface area contributed by atoms with Gasteiger partial charge in [0.05, 0.1) is 6.61 Å². The van der Waals surface area contributed by atoms with Gasteiger partial charge in [0.1, 0.15) is 0 Å². The Bertz CT molecular complexity index is 112. The molecular formula is C5H10N2O2. The van der Waals surface area contributed by atoms with E-state index in [1.165, 1.54) is 0 Å². The number of amides is 2. The number of aliphatic imine (C=N–C) groups is 1. The Morgan fingerprint density at radius 1 is 1.89 bits per heavy atom. The number of aliphatic hydroxyl groups is 1. The fourth-order valence-electron chi connectivity index (χ4n) is 0.321. The summed E-state index contributed by atoms with van der Waals surface area (Å²) in [5.41, 5.74) is 0. The fourth-order valence-corrected chi connectivity index (χ4v) is 0.321. The molecule has 0 aliphatic heterocycles. The van der Waals surface area contributed by atoms with Gasteiger partial charge >= 0.3 is 6.03 Å². The topological polar surface area (TPSA) is 61.7 Å². The minimum Gasteiger partial charge on any atom is -0.391 e. The molecule has 2 N–H and O–H groups in total. The summed E-state index contributed by atoms with van der Waals surface area (Å²) in [5.74, 6) is 0. The lowest BCUT2D eigenvalue weighted by Crippen LogP contribution is -2.18. The number of urea groups is 1. The third-order valence-electron chi connectivity index (χ3n) is 0.618. The van der Waals surface area contributed by atoms with E-state index in [1.54, 1.807) is 6.92 Å². The van der Waals surface area contributed by atoms with Crippen LogP contribution in [0.4, 0.5) is 4.79 Å². The standard InChI is InChI=1S/C5H10N2O2/c1-2-6-5(9)7-3-4-8/h3,8H,2,4H2,1H3,(H,6,9). The number of nitrogens with one attached hydrogen (secondary N) is 1. The van der Waals surface area contributed by atoms with Crippen LogP contribution in [0.25, 0.3) is 0 Å². The lowest BCUT2D eigenvalue weighted by atomic mass is 10.7. The van der Waals surface area contributed by atoms with Crippen molar-refractivity contribution in [1.82, 2.24) is 5.32 Å². The average Bonchev–Trinajstić information content (AvgIpc) is 1.85. The predicted molar refractivity (Wildman–Crippen MR) is 34.7 cm³/mol. The number of aliphatic hydroxyl groups excluding tert-OH is 1. The Labute approximate surface area is 53.6 Å². The van der Waals surface area contributed by atoms with Crippen molar-refractivity contribution in [3.63, 3.8) is 0 Å². The van der Waals surface area contributed by atoms with E-state index >= 15 is 0 Å². The average molecular weight is 130 g/mol. The van der Waals surface area contributed by atoms with E-state index in [0.717, 1.165) is 6.21 Å². The van der Waals surface area contributed by atoms with Crippen LogP contribution in [0.5, 0.6) is 0 Å². The highest BCUT2D eigenvalue weighted by atomic mass is 16.3. The van der Waals surface area contributed by atoms with Crippen LogP contribution in [0.3, 0.4) is 0 Å². The molecule has 9 heavy (non-hydrogen) atoms. The van der Waals surface area contributed by atoms with Gasteiger partial charge < -0.3 is 10.4 Å². The normalized spacial score (nSPS) is 10.0. The zero-order valence-corrected chi connectivity index (χ0v) is 5.29. The summed E-state index contributed by atoms with van der Waals surface area (Å²) in [4.78, 5) is 13.7. The van der Waals surface area contributed by atoms with Crippen molar-refractivity contribution in [1.29, 1.82) is 0 Å². The number of rotatable bonds is 2. The van der Waals surface area contributed by atoms with E-state index in [9.17, 15) is 4.79 Å². The summed E-state index contributed by atoms with van der Waals surface area (Å²) in [6, 6.07) is -0.411. The van der Waals surface area contributed by atoms with Gasteiger partial charge in [0.2, 0.25) is 0 Å². The molecule has 0 rings (SSSR count). The maximum atomic E-state index is 10.4. The molecule has 0 unspecified atom stereocenters. The predicted octanol–water partition coefficient (Wildman–Crippen LogP) is -0.221. The number of hydrogen-bond acceptors (Lipinski definition) is 2. The van der Waals surface area contributed by atoms with Crippen molar-refractivity contribution in [3.8, 4) is 0 Å². The first-order chi connectivity index (χ1) is 4.31. The molecule has 2 amide bonds. The Balaban J connectivity index is 3.37. The summed E-state index contributed by atoms with van der Waals surface area (Å²) in [6.07, 6.45) is 1.14. The van der Waals surface area contributed by atoms with Crippen LogP contribution in [0.2, 0.25) is 0 Å². The first-order valence-corrected chi connectivity index (χ1v) is 2.72. The number of carbonyl (C=O) groups is 1. The maximum Gasteiger partial charge on any atom is 0.340 e. The van der Waals surface area contributed by atoms with Gasteiger partial charge in [0.15, 0.2) is 0 Å². The Morgan fingerprint density at radius 3 is 3.00 bits per heavy atom. The van der Waals surface area contributed by atoms with Gasteiger partial charge in [-0.2, -0.15) is 0 Å². The van der Waals surface area contributed by atoms with Crippen molar-refractivity contribution in [3.05, 3.63) is 0 Å². The van der Waals surface area contributed by atoms with E-state index < -0.39 is 6.03 Å². The molecule has 0 aliphatic rings. The summed E-state index contributed by atoms with van der Waals surface area (Å²) < 4.78 is 0. The second-order valence-electron chi connectivity index (χ2n) is 1.33. The summed E-state index contributed by atoms with van der Waals surface area (Å²) in [6.45, 7) is 2.16. The molecule has 0 aromatic carbocycles. The van der Waals surface area contributed by atoms with E-state index in [1.807, 2.05) is 0 Å². The van der Waals surface area contributed by atoms with Crippen LogP contribution < -0.4 is 5.32 Å².